The highest BCUT2D eigenvalue weighted by atomic mass is 19.1. The van der Waals surface area contributed by atoms with Crippen LogP contribution in [0.3, 0.4) is 0 Å². The van der Waals surface area contributed by atoms with Crippen molar-refractivity contribution in [2.24, 2.45) is 5.92 Å². The molecule has 1 fully saturated rings. The van der Waals surface area contributed by atoms with Gasteiger partial charge in [-0.15, -0.1) is 0 Å². The van der Waals surface area contributed by atoms with E-state index in [0.29, 0.717) is 12.0 Å². The average Bonchev–Trinajstić information content (AvgIpc) is 2.31. The number of rotatable bonds is 3. The molecule has 1 N–H and O–H groups in total. The molecule has 1 unspecified atom stereocenters. The minimum absolute atomic E-state index is 0.0811. The van der Waals surface area contributed by atoms with Crippen LogP contribution in [0.15, 0.2) is 18.5 Å². The van der Waals surface area contributed by atoms with Gasteiger partial charge in [0.1, 0.15) is 5.82 Å². The predicted molar refractivity (Wildman–Crippen MR) is 75.3 cm³/mol. The molecule has 1 atom stereocenters. The first-order valence-electron chi connectivity index (χ1n) is 6.96. The lowest BCUT2D eigenvalue weighted by atomic mass is 9.92. The summed E-state index contributed by atoms with van der Waals surface area (Å²) in [5.74, 6) is 0.343. The van der Waals surface area contributed by atoms with E-state index in [0.717, 1.165) is 25.2 Å². The van der Waals surface area contributed by atoms with Crippen molar-refractivity contribution in [1.82, 2.24) is 15.2 Å². The zero-order valence-corrected chi connectivity index (χ0v) is 12.3. The van der Waals surface area contributed by atoms with E-state index in [9.17, 15) is 4.39 Å². The molecule has 0 aliphatic carbocycles. The van der Waals surface area contributed by atoms with Crippen molar-refractivity contribution in [2.75, 3.05) is 13.1 Å². The number of hydrogen-bond acceptors (Lipinski definition) is 3. The molecule has 0 bridgehead atoms. The first-order chi connectivity index (χ1) is 8.88. The lowest BCUT2D eigenvalue weighted by molar-refractivity contribution is 0.0473. The summed E-state index contributed by atoms with van der Waals surface area (Å²) < 4.78 is 13.2. The zero-order valence-electron chi connectivity index (χ0n) is 12.3. The molecule has 1 aliphatic heterocycles. The van der Waals surface area contributed by atoms with E-state index in [4.69, 9.17) is 0 Å². The number of aromatic nitrogens is 1. The average molecular weight is 265 g/mol. The second-order valence-electron chi connectivity index (χ2n) is 6.44. The zero-order chi connectivity index (χ0) is 14.0. The molecular formula is C15H24FN3. The normalized spacial score (nSPS) is 23.8. The molecule has 1 aliphatic rings. The van der Waals surface area contributed by atoms with Crippen molar-refractivity contribution in [3.8, 4) is 0 Å². The highest BCUT2D eigenvalue weighted by molar-refractivity contribution is 5.11. The molecule has 1 aromatic rings. The summed E-state index contributed by atoms with van der Waals surface area (Å²) in [4.78, 5) is 6.36. The van der Waals surface area contributed by atoms with Crippen molar-refractivity contribution in [1.29, 1.82) is 0 Å². The molecule has 0 amide bonds. The fourth-order valence-electron chi connectivity index (χ4n) is 2.53. The van der Waals surface area contributed by atoms with E-state index in [-0.39, 0.29) is 11.4 Å². The van der Waals surface area contributed by atoms with Gasteiger partial charge in [-0.3, -0.25) is 9.88 Å². The summed E-state index contributed by atoms with van der Waals surface area (Å²) in [5.41, 5.74) is 1.02. The summed E-state index contributed by atoms with van der Waals surface area (Å²) in [7, 11) is 0. The van der Waals surface area contributed by atoms with E-state index in [2.05, 4.69) is 42.9 Å². The largest absolute Gasteiger partial charge is 0.311 e. The summed E-state index contributed by atoms with van der Waals surface area (Å²) in [6.45, 7) is 11.6. The number of piperazine rings is 1. The molecule has 4 heteroatoms. The van der Waals surface area contributed by atoms with E-state index >= 15 is 0 Å². The molecule has 0 aromatic carbocycles. The van der Waals surface area contributed by atoms with Gasteiger partial charge in [-0.25, -0.2) is 4.39 Å². The first-order valence-corrected chi connectivity index (χ1v) is 6.96. The lowest BCUT2D eigenvalue weighted by Crippen LogP contribution is -2.62. The summed E-state index contributed by atoms with van der Waals surface area (Å²) in [6, 6.07) is 2.07. The molecule has 1 aromatic heterocycles. The Hall–Kier alpha value is -1.00. The van der Waals surface area contributed by atoms with Crippen molar-refractivity contribution in [2.45, 2.75) is 45.8 Å². The molecule has 2 heterocycles. The molecule has 19 heavy (non-hydrogen) atoms. The Bertz CT molecular complexity index is 431. The van der Waals surface area contributed by atoms with Gasteiger partial charge in [-0.1, -0.05) is 13.8 Å². The smallest absolute Gasteiger partial charge is 0.141 e. The van der Waals surface area contributed by atoms with Crippen LogP contribution in [0.2, 0.25) is 0 Å². The predicted octanol–water partition coefficient (Wildman–Crippen LogP) is 2.43. The van der Waals surface area contributed by atoms with Crippen molar-refractivity contribution >= 4 is 0 Å². The van der Waals surface area contributed by atoms with Gasteiger partial charge in [-0.2, -0.15) is 0 Å². The Balaban J connectivity index is 2.11. The van der Waals surface area contributed by atoms with Crippen LogP contribution in [-0.2, 0) is 6.54 Å². The summed E-state index contributed by atoms with van der Waals surface area (Å²) in [5, 5.41) is 3.60. The van der Waals surface area contributed by atoms with Crippen LogP contribution in [0.4, 0.5) is 4.39 Å². The Morgan fingerprint density at radius 1 is 1.47 bits per heavy atom. The van der Waals surface area contributed by atoms with Gasteiger partial charge in [-0.05, 0) is 31.4 Å². The van der Waals surface area contributed by atoms with Crippen LogP contribution in [0, 0.1) is 11.7 Å². The second kappa shape index (κ2) is 5.55. The quantitative estimate of drug-likeness (QED) is 0.910. The summed E-state index contributed by atoms with van der Waals surface area (Å²) in [6.07, 6.45) is 3.01. The SMILES string of the molecule is CC(C)C1CN(Cc2cncc(F)c2)C(C)(C)CN1. The third-order valence-corrected chi connectivity index (χ3v) is 4.01. The second-order valence-corrected chi connectivity index (χ2v) is 6.44. The first kappa shape index (κ1) is 14.4. The molecule has 106 valence electrons. The van der Waals surface area contributed by atoms with Crippen molar-refractivity contribution in [3.05, 3.63) is 29.8 Å². The number of halogens is 1. The lowest BCUT2D eigenvalue weighted by Gasteiger charge is -2.47. The van der Waals surface area contributed by atoms with Crippen LogP contribution in [-0.4, -0.2) is 34.6 Å². The minimum atomic E-state index is -0.258. The number of pyridine rings is 1. The molecule has 2 rings (SSSR count). The van der Waals surface area contributed by atoms with Gasteiger partial charge < -0.3 is 5.32 Å². The maximum atomic E-state index is 13.2. The van der Waals surface area contributed by atoms with Crippen LogP contribution in [0.25, 0.3) is 0 Å². The van der Waals surface area contributed by atoms with Crippen LogP contribution in [0.1, 0.15) is 33.3 Å². The molecule has 3 nitrogen and oxygen atoms in total. The van der Waals surface area contributed by atoms with Gasteiger partial charge in [0.2, 0.25) is 0 Å². The highest BCUT2D eigenvalue weighted by Gasteiger charge is 2.34. The van der Waals surface area contributed by atoms with E-state index in [1.165, 1.54) is 6.20 Å². The highest BCUT2D eigenvalue weighted by Crippen LogP contribution is 2.23. The maximum Gasteiger partial charge on any atom is 0.141 e. The Morgan fingerprint density at radius 2 is 2.21 bits per heavy atom. The van der Waals surface area contributed by atoms with Gasteiger partial charge in [0.15, 0.2) is 0 Å². The Morgan fingerprint density at radius 3 is 2.84 bits per heavy atom. The van der Waals surface area contributed by atoms with E-state index < -0.39 is 0 Å². The Labute approximate surface area is 115 Å². The monoisotopic (exact) mass is 265 g/mol. The summed E-state index contributed by atoms with van der Waals surface area (Å²) >= 11 is 0. The van der Waals surface area contributed by atoms with Crippen LogP contribution >= 0.6 is 0 Å². The van der Waals surface area contributed by atoms with Crippen molar-refractivity contribution in [3.63, 3.8) is 0 Å². The fraction of sp³-hybridized carbons (Fsp3) is 0.667. The van der Waals surface area contributed by atoms with Gasteiger partial charge in [0, 0.05) is 37.4 Å². The Kier molecular flexibility index (Phi) is 4.21. The number of hydrogen-bond donors (Lipinski definition) is 1. The van der Waals surface area contributed by atoms with Crippen molar-refractivity contribution < 1.29 is 4.39 Å². The molecule has 1 saturated heterocycles. The topological polar surface area (TPSA) is 28.2 Å². The molecule has 0 spiro atoms. The number of nitrogens with zero attached hydrogens (tertiary/aromatic N) is 2. The molecule has 0 radical (unpaired) electrons. The fourth-order valence-corrected chi connectivity index (χ4v) is 2.53. The third kappa shape index (κ3) is 3.51. The van der Waals surface area contributed by atoms with Gasteiger partial charge in [0.25, 0.3) is 0 Å². The van der Waals surface area contributed by atoms with E-state index in [1.54, 1.807) is 12.3 Å². The number of nitrogens with one attached hydrogen (secondary N) is 1. The van der Waals surface area contributed by atoms with Gasteiger partial charge in [0.05, 0.1) is 6.20 Å². The van der Waals surface area contributed by atoms with Crippen LogP contribution in [0.5, 0.6) is 0 Å². The molecular weight excluding hydrogens is 241 g/mol. The maximum absolute atomic E-state index is 13.2. The van der Waals surface area contributed by atoms with E-state index in [1.807, 2.05) is 0 Å². The van der Waals surface area contributed by atoms with Gasteiger partial charge >= 0.3 is 0 Å². The third-order valence-electron chi connectivity index (χ3n) is 4.01. The van der Waals surface area contributed by atoms with Crippen LogP contribution < -0.4 is 5.32 Å². The molecule has 0 saturated carbocycles. The standard InChI is InChI=1S/C15H24FN3/c1-11(2)14-9-19(15(3,4)10-18-14)8-12-5-13(16)7-17-6-12/h5-7,11,14,18H,8-10H2,1-4H3. The minimum Gasteiger partial charge on any atom is -0.311 e.